The molecule has 6 nitrogen and oxygen atoms in total. The van der Waals surface area contributed by atoms with E-state index in [2.05, 4.69) is 5.32 Å². The molecule has 0 saturated carbocycles. The van der Waals surface area contributed by atoms with E-state index in [1.807, 2.05) is 0 Å². The average Bonchev–Trinajstić information content (AvgIpc) is 2.55. The van der Waals surface area contributed by atoms with Gasteiger partial charge in [0.15, 0.2) is 11.5 Å². The van der Waals surface area contributed by atoms with Gasteiger partial charge in [0.25, 0.3) is 5.91 Å². The van der Waals surface area contributed by atoms with Crippen molar-refractivity contribution in [3.63, 3.8) is 0 Å². The van der Waals surface area contributed by atoms with Crippen molar-refractivity contribution in [3.8, 4) is 17.2 Å². The number of carbonyl (C=O) groups excluding carboxylic acids is 1. The lowest BCUT2D eigenvalue weighted by Gasteiger charge is -2.14. The summed E-state index contributed by atoms with van der Waals surface area (Å²) in [5, 5.41) is 3.21. The second-order valence-electron chi connectivity index (χ2n) is 4.60. The van der Waals surface area contributed by atoms with Gasteiger partial charge in [-0.15, -0.1) is 0 Å². The minimum atomic E-state index is -0.363. The lowest BCUT2D eigenvalue weighted by molar-refractivity contribution is 0.102. The molecule has 0 spiro atoms. The first-order valence-corrected chi connectivity index (χ1v) is 7.04. The third-order valence-corrected chi connectivity index (χ3v) is 3.42. The molecule has 0 aliphatic carbocycles. The van der Waals surface area contributed by atoms with E-state index in [0.717, 1.165) is 0 Å². The molecule has 3 N–H and O–H groups in total. The van der Waals surface area contributed by atoms with Gasteiger partial charge >= 0.3 is 0 Å². The van der Waals surface area contributed by atoms with Gasteiger partial charge in [-0.2, -0.15) is 0 Å². The zero-order chi connectivity index (χ0) is 17.0. The first-order chi connectivity index (χ1) is 11.0. The normalized spacial score (nSPS) is 10.1. The molecule has 0 fully saturated rings. The summed E-state index contributed by atoms with van der Waals surface area (Å²) >= 11 is 5.84. The molecule has 0 aromatic heterocycles. The number of benzene rings is 2. The maximum Gasteiger partial charge on any atom is 0.255 e. The van der Waals surface area contributed by atoms with Crippen molar-refractivity contribution in [1.82, 2.24) is 0 Å². The summed E-state index contributed by atoms with van der Waals surface area (Å²) in [7, 11) is 4.46. The smallest absolute Gasteiger partial charge is 0.255 e. The van der Waals surface area contributed by atoms with Gasteiger partial charge < -0.3 is 25.3 Å². The molecule has 0 heterocycles. The fraction of sp³-hybridized carbons (Fsp3) is 0.188. The van der Waals surface area contributed by atoms with Crippen LogP contribution in [-0.4, -0.2) is 27.2 Å². The van der Waals surface area contributed by atoms with Crippen LogP contribution in [0.4, 0.5) is 11.4 Å². The Morgan fingerprint density at radius 3 is 2.13 bits per heavy atom. The predicted octanol–water partition coefficient (Wildman–Crippen LogP) is 3.20. The molecule has 0 saturated heterocycles. The summed E-state index contributed by atoms with van der Waals surface area (Å²) in [6, 6.07) is 7.95. The highest BCUT2D eigenvalue weighted by Crippen LogP contribution is 2.38. The van der Waals surface area contributed by atoms with Gasteiger partial charge in [-0.25, -0.2) is 0 Å². The van der Waals surface area contributed by atoms with Crippen molar-refractivity contribution < 1.29 is 19.0 Å². The van der Waals surface area contributed by atoms with Crippen LogP contribution in [-0.2, 0) is 0 Å². The monoisotopic (exact) mass is 336 g/mol. The summed E-state index contributed by atoms with van der Waals surface area (Å²) in [6.45, 7) is 0. The number of nitrogens with one attached hydrogen (secondary N) is 1. The van der Waals surface area contributed by atoms with E-state index >= 15 is 0 Å². The first kappa shape index (κ1) is 16.8. The van der Waals surface area contributed by atoms with E-state index in [4.69, 9.17) is 31.5 Å². The van der Waals surface area contributed by atoms with Crippen LogP contribution in [0.15, 0.2) is 30.3 Å². The minimum absolute atomic E-state index is 0.342. The van der Waals surface area contributed by atoms with Crippen LogP contribution in [0.3, 0.4) is 0 Å². The van der Waals surface area contributed by atoms with Gasteiger partial charge in [0.05, 0.1) is 32.7 Å². The number of methoxy groups -OCH3 is 3. The molecule has 7 heteroatoms. The Bertz CT molecular complexity index is 709. The summed E-state index contributed by atoms with van der Waals surface area (Å²) in [4.78, 5) is 12.4. The van der Waals surface area contributed by atoms with Crippen LogP contribution in [0.5, 0.6) is 17.2 Å². The highest BCUT2D eigenvalue weighted by Gasteiger charge is 2.17. The third-order valence-electron chi connectivity index (χ3n) is 3.19. The molecule has 122 valence electrons. The molecule has 0 atom stereocenters. The Hall–Kier alpha value is -2.60. The Morgan fingerprint density at radius 2 is 1.65 bits per heavy atom. The Kier molecular flexibility index (Phi) is 5.18. The van der Waals surface area contributed by atoms with Crippen LogP contribution in [0, 0.1) is 0 Å². The van der Waals surface area contributed by atoms with Gasteiger partial charge in [-0.1, -0.05) is 11.6 Å². The maximum absolute atomic E-state index is 12.4. The highest BCUT2D eigenvalue weighted by molar-refractivity contribution is 6.31. The molecule has 0 aliphatic heterocycles. The highest BCUT2D eigenvalue weighted by atomic mass is 35.5. The number of nitrogen functional groups attached to an aromatic ring is 1. The molecule has 23 heavy (non-hydrogen) atoms. The fourth-order valence-corrected chi connectivity index (χ4v) is 2.23. The summed E-state index contributed by atoms with van der Waals surface area (Å²) in [5.41, 5.74) is 7.02. The van der Waals surface area contributed by atoms with Crippen LogP contribution in [0.25, 0.3) is 0 Å². The minimum Gasteiger partial charge on any atom is -0.493 e. The van der Waals surface area contributed by atoms with Gasteiger partial charge in [0.2, 0.25) is 5.75 Å². The van der Waals surface area contributed by atoms with Crippen LogP contribution in [0.2, 0.25) is 5.02 Å². The Labute approximate surface area is 139 Å². The number of ether oxygens (including phenoxy) is 3. The zero-order valence-corrected chi connectivity index (χ0v) is 13.7. The molecule has 1 amide bonds. The topological polar surface area (TPSA) is 82.8 Å². The van der Waals surface area contributed by atoms with E-state index in [1.165, 1.54) is 21.3 Å². The third kappa shape index (κ3) is 3.60. The molecular weight excluding hydrogens is 320 g/mol. The van der Waals surface area contributed by atoms with Gasteiger partial charge in [-0.05, 0) is 30.3 Å². The summed E-state index contributed by atoms with van der Waals surface area (Å²) in [5.74, 6) is 0.831. The molecular formula is C16H17ClN2O4. The van der Waals surface area contributed by atoms with E-state index in [9.17, 15) is 4.79 Å². The van der Waals surface area contributed by atoms with Crippen molar-refractivity contribution in [1.29, 1.82) is 0 Å². The number of halogens is 1. The van der Waals surface area contributed by atoms with Crippen molar-refractivity contribution in [3.05, 3.63) is 40.9 Å². The van der Waals surface area contributed by atoms with Crippen LogP contribution < -0.4 is 25.3 Å². The zero-order valence-electron chi connectivity index (χ0n) is 13.0. The molecule has 0 unspecified atom stereocenters. The van der Waals surface area contributed by atoms with E-state index < -0.39 is 0 Å². The van der Waals surface area contributed by atoms with Gasteiger partial charge in [-0.3, -0.25) is 4.79 Å². The molecule has 0 aliphatic rings. The predicted molar refractivity (Wildman–Crippen MR) is 89.9 cm³/mol. The number of rotatable bonds is 5. The van der Waals surface area contributed by atoms with Crippen molar-refractivity contribution in [2.75, 3.05) is 32.4 Å². The largest absolute Gasteiger partial charge is 0.493 e. The Balaban J connectivity index is 2.35. The number of carbonyl (C=O) groups is 1. The molecule has 2 aromatic carbocycles. The quantitative estimate of drug-likeness (QED) is 0.819. The van der Waals surface area contributed by atoms with E-state index in [0.29, 0.717) is 39.2 Å². The first-order valence-electron chi connectivity index (χ1n) is 6.66. The summed E-state index contributed by atoms with van der Waals surface area (Å²) < 4.78 is 15.7. The summed E-state index contributed by atoms with van der Waals surface area (Å²) in [6.07, 6.45) is 0. The standard InChI is InChI=1S/C16H17ClN2O4/c1-21-13-6-9(7-14(22-2)15(13)23-3)16(20)19-12-5-4-10(17)8-11(12)18/h4-8H,18H2,1-3H3,(H,19,20). The number of amides is 1. The lowest BCUT2D eigenvalue weighted by atomic mass is 10.1. The number of hydrogen-bond acceptors (Lipinski definition) is 5. The lowest BCUT2D eigenvalue weighted by Crippen LogP contribution is -2.13. The molecule has 0 radical (unpaired) electrons. The second-order valence-corrected chi connectivity index (χ2v) is 5.04. The van der Waals surface area contributed by atoms with Crippen molar-refractivity contribution in [2.45, 2.75) is 0 Å². The molecule has 2 aromatic rings. The molecule has 2 rings (SSSR count). The van der Waals surface area contributed by atoms with Crippen molar-refractivity contribution in [2.24, 2.45) is 0 Å². The van der Waals surface area contributed by atoms with Crippen LogP contribution >= 0.6 is 11.6 Å². The van der Waals surface area contributed by atoms with Gasteiger partial charge in [0, 0.05) is 10.6 Å². The number of hydrogen-bond donors (Lipinski definition) is 2. The maximum atomic E-state index is 12.4. The molecule has 0 bridgehead atoms. The SMILES string of the molecule is COc1cc(C(=O)Nc2ccc(Cl)cc2N)cc(OC)c1OC. The van der Waals surface area contributed by atoms with Crippen molar-refractivity contribution >= 4 is 28.9 Å². The Morgan fingerprint density at radius 1 is 1.04 bits per heavy atom. The number of anilines is 2. The van der Waals surface area contributed by atoms with E-state index in [1.54, 1.807) is 30.3 Å². The fourth-order valence-electron chi connectivity index (χ4n) is 2.05. The van der Waals surface area contributed by atoms with E-state index in [-0.39, 0.29) is 5.91 Å². The average molecular weight is 337 g/mol. The van der Waals surface area contributed by atoms with Crippen LogP contribution in [0.1, 0.15) is 10.4 Å². The number of nitrogens with two attached hydrogens (primary N) is 1. The van der Waals surface area contributed by atoms with Gasteiger partial charge in [0.1, 0.15) is 0 Å². The second kappa shape index (κ2) is 7.11.